The first-order valence-corrected chi connectivity index (χ1v) is 12.7. The zero-order chi connectivity index (χ0) is 21.7. The number of methoxy groups -OCH3 is 2. The molecule has 0 unspecified atom stereocenters. The number of nitrogens with zero attached hydrogens (tertiary/aromatic N) is 2. The van der Waals surface area contributed by atoms with Crippen LogP contribution in [-0.2, 0) is 6.54 Å². The SMILES string of the molecule is COc1cc2sc(=NC(=O)c3cccc(SC(C)C)c3)n(CCSC)c2cc1OC. The van der Waals surface area contributed by atoms with Crippen molar-refractivity contribution < 1.29 is 14.3 Å². The topological polar surface area (TPSA) is 52.8 Å². The van der Waals surface area contributed by atoms with E-state index in [-0.39, 0.29) is 5.91 Å². The number of benzene rings is 2. The molecule has 0 fully saturated rings. The van der Waals surface area contributed by atoms with E-state index in [2.05, 4.69) is 29.7 Å². The first kappa shape index (κ1) is 22.8. The molecule has 3 aromatic rings. The molecule has 3 rings (SSSR count). The van der Waals surface area contributed by atoms with Crippen LogP contribution in [0.25, 0.3) is 10.2 Å². The molecular formula is C22H26N2O3S3. The van der Waals surface area contributed by atoms with Crippen molar-refractivity contribution in [2.45, 2.75) is 30.5 Å². The van der Waals surface area contributed by atoms with Crippen LogP contribution >= 0.6 is 34.9 Å². The van der Waals surface area contributed by atoms with Crippen molar-refractivity contribution in [3.8, 4) is 11.5 Å². The number of aryl methyl sites for hydroxylation is 1. The van der Waals surface area contributed by atoms with Gasteiger partial charge >= 0.3 is 0 Å². The van der Waals surface area contributed by atoms with Crippen LogP contribution in [0, 0.1) is 0 Å². The molecule has 1 heterocycles. The fourth-order valence-corrected chi connectivity index (χ4v) is 5.33. The third kappa shape index (κ3) is 5.22. The van der Waals surface area contributed by atoms with Gasteiger partial charge in [0, 0.05) is 40.1 Å². The van der Waals surface area contributed by atoms with E-state index in [9.17, 15) is 4.79 Å². The highest BCUT2D eigenvalue weighted by molar-refractivity contribution is 8.00. The highest BCUT2D eigenvalue weighted by Gasteiger charge is 2.14. The fourth-order valence-electron chi connectivity index (χ4n) is 3.01. The maximum Gasteiger partial charge on any atom is 0.279 e. The van der Waals surface area contributed by atoms with Crippen molar-refractivity contribution >= 4 is 51.0 Å². The van der Waals surface area contributed by atoms with Gasteiger partial charge in [-0.1, -0.05) is 31.3 Å². The molecule has 0 N–H and O–H groups in total. The Morgan fingerprint density at radius 2 is 1.90 bits per heavy atom. The zero-order valence-corrected chi connectivity index (χ0v) is 20.2. The summed E-state index contributed by atoms with van der Waals surface area (Å²) >= 11 is 4.98. The minimum absolute atomic E-state index is 0.232. The summed E-state index contributed by atoms with van der Waals surface area (Å²) in [6.45, 7) is 5.03. The quantitative estimate of drug-likeness (QED) is 0.424. The van der Waals surface area contributed by atoms with Crippen LogP contribution in [-0.4, -0.2) is 42.0 Å². The summed E-state index contributed by atoms with van der Waals surface area (Å²) in [7, 11) is 3.25. The first-order chi connectivity index (χ1) is 14.5. The van der Waals surface area contributed by atoms with Crippen LogP contribution in [0.4, 0.5) is 0 Å². The van der Waals surface area contributed by atoms with Gasteiger partial charge in [-0.05, 0) is 24.5 Å². The maximum absolute atomic E-state index is 13.0. The molecule has 30 heavy (non-hydrogen) atoms. The van der Waals surface area contributed by atoms with E-state index < -0.39 is 0 Å². The third-order valence-electron chi connectivity index (χ3n) is 4.36. The second kappa shape index (κ2) is 10.4. The Morgan fingerprint density at radius 3 is 2.57 bits per heavy atom. The lowest BCUT2D eigenvalue weighted by Gasteiger charge is -2.09. The van der Waals surface area contributed by atoms with Crippen LogP contribution in [0.3, 0.4) is 0 Å². The molecule has 0 spiro atoms. The zero-order valence-electron chi connectivity index (χ0n) is 17.8. The number of hydrogen-bond donors (Lipinski definition) is 0. The van der Waals surface area contributed by atoms with Crippen molar-refractivity contribution in [2.75, 3.05) is 26.2 Å². The molecule has 0 radical (unpaired) electrons. The molecular weight excluding hydrogens is 436 g/mol. The van der Waals surface area contributed by atoms with Crippen molar-refractivity contribution in [1.82, 2.24) is 4.57 Å². The van der Waals surface area contributed by atoms with Gasteiger partial charge in [-0.25, -0.2) is 0 Å². The van der Waals surface area contributed by atoms with E-state index >= 15 is 0 Å². The average Bonchev–Trinajstić information content (AvgIpc) is 3.06. The van der Waals surface area contributed by atoms with Gasteiger partial charge in [0.2, 0.25) is 0 Å². The average molecular weight is 463 g/mol. The third-order valence-corrected chi connectivity index (χ3v) is 6.99. The Bertz CT molecular complexity index is 1100. The fraction of sp³-hybridized carbons (Fsp3) is 0.364. The molecule has 5 nitrogen and oxygen atoms in total. The molecule has 0 aliphatic carbocycles. The summed E-state index contributed by atoms with van der Waals surface area (Å²) in [6.07, 6.45) is 2.07. The number of hydrogen-bond acceptors (Lipinski definition) is 6. The summed E-state index contributed by atoms with van der Waals surface area (Å²) in [5, 5.41) is 0.452. The molecule has 0 saturated carbocycles. The Morgan fingerprint density at radius 1 is 1.17 bits per heavy atom. The van der Waals surface area contributed by atoms with Gasteiger partial charge in [-0.15, -0.1) is 11.8 Å². The number of amides is 1. The molecule has 160 valence electrons. The molecule has 0 aliphatic rings. The lowest BCUT2D eigenvalue weighted by molar-refractivity contribution is 0.0997. The Balaban J connectivity index is 2.09. The second-order valence-electron chi connectivity index (χ2n) is 6.82. The van der Waals surface area contributed by atoms with Crippen LogP contribution in [0.5, 0.6) is 11.5 Å². The molecule has 1 amide bonds. The number of carbonyl (C=O) groups excluding carboxylic acids is 1. The molecule has 8 heteroatoms. The normalized spacial score (nSPS) is 12.0. The number of ether oxygens (including phenoxy) is 2. The lowest BCUT2D eigenvalue weighted by atomic mass is 10.2. The van der Waals surface area contributed by atoms with Gasteiger partial charge in [-0.2, -0.15) is 16.8 Å². The van der Waals surface area contributed by atoms with Gasteiger partial charge in [-0.3, -0.25) is 4.79 Å². The number of aromatic nitrogens is 1. The van der Waals surface area contributed by atoms with E-state index in [0.717, 1.165) is 27.4 Å². The summed E-state index contributed by atoms with van der Waals surface area (Å²) in [4.78, 5) is 19.2. The van der Waals surface area contributed by atoms with Gasteiger partial charge in [0.25, 0.3) is 5.91 Å². The van der Waals surface area contributed by atoms with Gasteiger partial charge in [0.1, 0.15) is 0 Å². The Hall–Kier alpha value is -1.90. The minimum atomic E-state index is -0.232. The molecule has 2 aromatic carbocycles. The smallest absolute Gasteiger partial charge is 0.279 e. The van der Waals surface area contributed by atoms with Crippen LogP contribution in [0.15, 0.2) is 46.3 Å². The summed E-state index contributed by atoms with van der Waals surface area (Å²) in [6, 6.07) is 11.6. The monoisotopic (exact) mass is 462 g/mol. The minimum Gasteiger partial charge on any atom is -0.493 e. The second-order valence-corrected chi connectivity index (χ2v) is 10.5. The van der Waals surface area contributed by atoms with Crippen molar-refractivity contribution in [2.24, 2.45) is 4.99 Å². The maximum atomic E-state index is 13.0. The number of thiazole rings is 1. The Kier molecular flexibility index (Phi) is 7.91. The summed E-state index contributed by atoms with van der Waals surface area (Å²) in [5.74, 6) is 2.02. The number of fused-ring (bicyclic) bond motifs is 1. The van der Waals surface area contributed by atoms with Gasteiger partial charge in [0.05, 0.1) is 24.4 Å². The Labute approximate surface area is 189 Å². The highest BCUT2D eigenvalue weighted by Crippen LogP contribution is 2.33. The standard InChI is InChI=1S/C22H26N2O3S3/c1-14(2)29-16-8-6-7-15(11-16)21(25)23-22-24(9-10-28-5)17-12-18(26-3)19(27-4)13-20(17)30-22/h6-8,11-14H,9-10H2,1-5H3. The van der Waals surface area contributed by atoms with Gasteiger partial charge in [0.15, 0.2) is 16.3 Å². The largest absolute Gasteiger partial charge is 0.493 e. The number of thioether (sulfide) groups is 2. The van der Waals surface area contributed by atoms with E-state index in [1.54, 1.807) is 37.7 Å². The van der Waals surface area contributed by atoms with E-state index in [0.29, 0.717) is 27.1 Å². The van der Waals surface area contributed by atoms with Crippen molar-refractivity contribution in [3.63, 3.8) is 0 Å². The highest BCUT2D eigenvalue weighted by atomic mass is 32.2. The van der Waals surface area contributed by atoms with Crippen molar-refractivity contribution in [1.29, 1.82) is 0 Å². The predicted molar refractivity (Wildman–Crippen MR) is 129 cm³/mol. The number of rotatable bonds is 8. The van der Waals surface area contributed by atoms with Crippen molar-refractivity contribution in [3.05, 3.63) is 46.8 Å². The van der Waals surface area contributed by atoms with Gasteiger partial charge < -0.3 is 14.0 Å². The van der Waals surface area contributed by atoms with E-state index in [1.807, 2.05) is 36.4 Å². The van der Waals surface area contributed by atoms with Crippen LogP contribution in [0.2, 0.25) is 0 Å². The lowest BCUT2D eigenvalue weighted by Crippen LogP contribution is -2.18. The molecule has 0 atom stereocenters. The van der Waals surface area contributed by atoms with Crippen LogP contribution in [0.1, 0.15) is 24.2 Å². The molecule has 0 aliphatic heterocycles. The first-order valence-electron chi connectivity index (χ1n) is 9.57. The van der Waals surface area contributed by atoms with E-state index in [1.165, 1.54) is 11.3 Å². The van der Waals surface area contributed by atoms with E-state index in [4.69, 9.17) is 9.47 Å². The summed E-state index contributed by atoms with van der Waals surface area (Å²) < 4.78 is 14.0. The predicted octanol–water partition coefficient (Wildman–Crippen LogP) is 5.32. The molecule has 0 saturated heterocycles. The number of carbonyl (C=O) groups is 1. The molecule has 1 aromatic heterocycles. The van der Waals surface area contributed by atoms with Crippen LogP contribution < -0.4 is 14.3 Å². The summed E-state index contributed by atoms with van der Waals surface area (Å²) in [5.41, 5.74) is 1.59. The molecule has 0 bridgehead atoms.